The van der Waals surface area contributed by atoms with Crippen LogP contribution in [-0.2, 0) is 21.2 Å². The third kappa shape index (κ3) is 4.40. The fraction of sp³-hybridized carbons (Fsp3) is 0.381. The number of ether oxygens (including phenoxy) is 1. The van der Waals surface area contributed by atoms with Crippen molar-refractivity contribution in [2.24, 2.45) is 0 Å². The molecule has 2 aliphatic heterocycles. The van der Waals surface area contributed by atoms with E-state index < -0.39 is 14.9 Å². The van der Waals surface area contributed by atoms with Crippen molar-refractivity contribution >= 4 is 27.3 Å². The summed E-state index contributed by atoms with van der Waals surface area (Å²) in [5.74, 6) is -0.0468. The lowest BCUT2D eigenvalue weighted by Crippen LogP contribution is -2.38. The van der Waals surface area contributed by atoms with Crippen molar-refractivity contribution < 1.29 is 22.9 Å². The number of carbonyl (C=O) groups is 1. The molecule has 0 atom stereocenters. The average molecular weight is 445 g/mol. The number of nitrogens with zero attached hydrogens (tertiary/aromatic N) is 3. The Bertz CT molecular complexity index is 1110. The van der Waals surface area contributed by atoms with E-state index in [1.807, 2.05) is 0 Å². The number of non-ortho nitro benzene ring substituents is 1. The van der Waals surface area contributed by atoms with Gasteiger partial charge in [0.1, 0.15) is 5.75 Å². The maximum absolute atomic E-state index is 12.8. The van der Waals surface area contributed by atoms with Gasteiger partial charge in [-0.25, -0.2) is 8.42 Å². The molecule has 9 nitrogen and oxygen atoms in total. The van der Waals surface area contributed by atoms with Gasteiger partial charge >= 0.3 is 0 Å². The minimum absolute atomic E-state index is 0.111. The van der Waals surface area contributed by atoms with Crippen LogP contribution in [0.5, 0.6) is 5.75 Å². The lowest BCUT2D eigenvalue weighted by molar-refractivity contribution is -0.384. The number of aryl methyl sites for hydroxylation is 1. The molecule has 0 unspecified atom stereocenters. The summed E-state index contributed by atoms with van der Waals surface area (Å²) in [6.45, 7) is 1.31. The molecule has 2 aromatic carbocycles. The van der Waals surface area contributed by atoms with Crippen LogP contribution in [0.15, 0.2) is 47.4 Å². The molecule has 31 heavy (non-hydrogen) atoms. The molecule has 0 saturated carbocycles. The molecular weight excluding hydrogens is 422 g/mol. The molecule has 2 aliphatic rings. The second-order valence-electron chi connectivity index (χ2n) is 7.59. The Morgan fingerprint density at radius 2 is 1.84 bits per heavy atom. The van der Waals surface area contributed by atoms with E-state index in [4.69, 9.17) is 4.74 Å². The Hall–Kier alpha value is -2.98. The van der Waals surface area contributed by atoms with Crippen LogP contribution in [0.2, 0.25) is 0 Å². The fourth-order valence-corrected chi connectivity index (χ4v) is 5.55. The number of hydrogen-bond acceptors (Lipinski definition) is 6. The largest absolute Gasteiger partial charge is 0.483 e. The second-order valence-corrected chi connectivity index (χ2v) is 9.53. The van der Waals surface area contributed by atoms with Crippen LogP contribution in [0, 0.1) is 10.1 Å². The highest BCUT2D eigenvalue weighted by Crippen LogP contribution is 2.31. The number of fused-ring (bicyclic) bond motifs is 1. The minimum atomic E-state index is -3.52. The van der Waals surface area contributed by atoms with Gasteiger partial charge in [-0.15, -0.1) is 0 Å². The first-order valence-electron chi connectivity index (χ1n) is 10.2. The normalized spacial score (nSPS) is 16.7. The molecule has 0 radical (unpaired) electrons. The molecule has 10 heteroatoms. The van der Waals surface area contributed by atoms with Crippen molar-refractivity contribution in [3.8, 4) is 5.75 Å². The summed E-state index contributed by atoms with van der Waals surface area (Å²) >= 11 is 0. The highest BCUT2D eigenvalue weighted by atomic mass is 32.2. The molecule has 0 aromatic heterocycles. The molecule has 1 saturated heterocycles. The van der Waals surface area contributed by atoms with Crippen LogP contribution in [0.4, 0.5) is 11.4 Å². The maximum Gasteiger partial charge on any atom is 0.273 e. The van der Waals surface area contributed by atoms with Gasteiger partial charge in [0.15, 0.2) is 6.61 Å². The Morgan fingerprint density at radius 1 is 1.06 bits per heavy atom. The van der Waals surface area contributed by atoms with Crippen molar-refractivity contribution in [1.29, 1.82) is 0 Å². The molecule has 0 aliphatic carbocycles. The molecule has 0 N–H and O–H groups in total. The molecule has 0 bridgehead atoms. The van der Waals surface area contributed by atoms with Gasteiger partial charge in [-0.2, -0.15) is 4.31 Å². The van der Waals surface area contributed by atoms with E-state index in [-0.39, 0.29) is 28.8 Å². The molecule has 2 heterocycles. The Balaban J connectivity index is 1.49. The van der Waals surface area contributed by atoms with Crippen molar-refractivity contribution in [2.75, 3.05) is 31.1 Å². The summed E-state index contributed by atoms with van der Waals surface area (Å²) in [5.41, 5.74) is 1.38. The third-order valence-electron chi connectivity index (χ3n) is 5.56. The van der Waals surface area contributed by atoms with E-state index >= 15 is 0 Å². The highest BCUT2D eigenvalue weighted by Gasteiger charge is 2.29. The standard InChI is InChI=1S/C21H23N3O6S/c25-21(15-30-18-7-3-6-17(14-18)24(26)27)23-12-4-5-16-13-19(8-9-20(16)23)31(28,29)22-10-1-2-11-22/h3,6-9,13-14H,1-2,4-5,10-12,15H2. The van der Waals surface area contributed by atoms with E-state index in [1.165, 1.54) is 22.5 Å². The van der Waals surface area contributed by atoms with Crippen molar-refractivity contribution in [1.82, 2.24) is 4.31 Å². The zero-order chi connectivity index (χ0) is 22.0. The number of carbonyl (C=O) groups excluding carboxylic acids is 1. The van der Waals surface area contributed by atoms with Gasteiger partial charge < -0.3 is 9.64 Å². The third-order valence-corrected chi connectivity index (χ3v) is 7.46. The fourth-order valence-electron chi connectivity index (χ4n) is 3.98. The van der Waals surface area contributed by atoms with E-state index in [1.54, 1.807) is 29.2 Å². The Morgan fingerprint density at radius 3 is 2.58 bits per heavy atom. The van der Waals surface area contributed by atoms with Crippen LogP contribution in [0.3, 0.4) is 0 Å². The smallest absolute Gasteiger partial charge is 0.273 e. The number of amides is 1. The molecule has 4 rings (SSSR count). The number of sulfonamides is 1. The summed E-state index contributed by atoms with van der Waals surface area (Å²) in [6, 6.07) is 10.6. The number of benzene rings is 2. The summed E-state index contributed by atoms with van der Waals surface area (Å²) < 4.78 is 32.7. The molecule has 2 aromatic rings. The first kappa shape index (κ1) is 21.3. The molecule has 1 fully saturated rings. The average Bonchev–Trinajstić information content (AvgIpc) is 3.33. The zero-order valence-electron chi connectivity index (χ0n) is 16.9. The van der Waals surface area contributed by atoms with Gasteiger partial charge in [0.05, 0.1) is 15.9 Å². The van der Waals surface area contributed by atoms with Crippen LogP contribution >= 0.6 is 0 Å². The van der Waals surface area contributed by atoms with Crippen molar-refractivity contribution in [2.45, 2.75) is 30.6 Å². The minimum Gasteiger partial charge on any atom is -0.483 e. The SMILES string of the molecule is O=C(COc1cccc([N+](=O)[O-])c1)N1CCCc2cc(S(=O)(=O)N3CCCC3)ccc21. The summed E-state index contributed by atoms with van der Waals surface area (Å²) in [7, 11) is -3.52. The molecule has 1 amide bonds. The van der Waals surface area contributed by atoms with Gasteiger partial charge in [0, 0.05) is 31.4 Å². The maximum atomic E-state index is 12.8. The van der Waals surface area contributed by atoms with E-state index in [0.717, 1.165) is 18.4 Å². The van der Waals surface area contributed by atoms with Gasteiger partial charge in [-0.3, -0.25) is 14.9 Å². The van der Waals surface area contributed by atoms with E-state index in [9.17, 15) is 23.3 Å². The van der Waals surface area contributed by atoms with E-state index in [0.29, 0.717) is 38.2 Å². The van der Waals surface area contributed by atoms with Gasteiger partial charge in [0.2, 0.25) is 10.0 Å². The number of rotatable bonds is 6. The van der Waals surface area contributed by atoms with Crippen molar-refractivity contribution in [3.05, 3.63) is 58.1 Å². The highest BCUT2D eigenvalue weighted by molar-refractivity contribution is 7.89. The number of hydrogen-bond donors (Lipinski definition) is 0. The van der Waals surface area contributed by atoms with E-state index in [2.05, 4.69) is 0 Å². The summed E-state index contributed by atoms with van der Waals surface area (Å²) in [5, 5.41) is 10.9. The first-order chi connectivity index (χ1) is 14.9. The predicted octanol–water partition coefficient (Wildman–Crippen LogP) is 2.74. The number of anilines is 1. The number of nitro benzene ring substituents is 1. The van der Waals surface area contributed by atoms with Crippen molar-refractivity contribution in [3.63, 3.8) is 0 Å². The van der Waals surface area contributed by atoms with Gasteiger partial charge in [-0.05, 0) is 55.5 Å². The van der Waals surface area contributed by atoms with Crippen LogP contribution < -0.4 is 9.64 Å². The molecule has 0 spiro atoms. The monoisotopic (exact) mass is 445 g/mol. The number of nitro groups is 1. The zero-order valence-corrected chi connectivity index (χ0v) is 17.7. The quantitative estimate of drug-likeness (QED) is 0.499. The first-order valence-corrected chi connectivity index (χ1v) is 11.6. The lowest BCUT2D eigenvalue weighted by atomic mass is 10.0. The van der Waals surface area contributed by atoms with Crippen LogP contribution in [0.25, 0.3) is 0 Å². The molecular formula is C21H23N3O6S. The van der Waals surface area contributed by atoms with Gasteiger partial charge in [-0.1, -0.05) is 6.07 Å². The Labute approximate surface area is 180 Å². The second kappa shape index (κ2) is 8.64. The molecule has 164 valence electrons. The predicted molar refractivity (Wildman–Crippen MR) is 114 cm³/mol. The lowest BCUT2D eigenvalue weighted by Gasteiger charge is -2.30. The Kier molecular flexibility index (Phi) is 5.92. The summed E-state index contributed by atoms with van der Waals surface area (Å²) in [6.07, 6.45) is 3.14. The topological polar surface area (TPSA) is 110 Å². The van der Waals surface area contributed by atoms with Crippen LogP contribution in [0.1, 0.15) is 24.8 Å². The van der Waals surface area contributed by atoms with Gasteiger partial charge in [0.25, 0.3) is 11.6 Å². The summed E-state index contributed by atoms with van der Waals surface area (Å²) in [4.78, 5) is 25.0. The van der Waals surface area contributed by atoms with Crippen LogP contribution in [-0.4, -0.2) is 49.8 Å².